The molecule has 106 valence electrons. The number of hydrogen-bond acceptors (Lipinski definition) is 2. The van der Waals surface area contributed by atoms with Crippen LogP contribution in [0.25, 0.3) is 0 Å². The molecule has 3 N–H and O–H groups in total. The minimum absolute atomic E-state index is 0.0676. The van der Waals surface area contributed by atoms with Gasteiger partial charge in [-0.1, -0.05) is 37.3 Å². The Morgan fingerprint density at radius 1 is 1.37 bits per heavy atom. The Balaban J connectivity index is 2.43. The van der Waals surface area contributed by atoms with Crippen molar-refractivity contribution in [3.8, 4) is 0 Å². The van der Waals surface area contributed by atoms with Gasteiger partial charge in [0.2, 0.25) is 5.91 Å². The van der Waals surface area contributed by atoms with E-state index in [-0.39, 0.29) is 11.9 Å². The molecule has 0 spiro atoms. The minimum Gasteiger partial charge on any atom is -0.353 e. The zero-order valence-electron chi connectivity index (χ0n) is 12.3. The highest BCUT2D eigenvalue weighted by Gasteiger charge is 2.30. The third-order valence-electron chi connectivity index (χ3n) is 3.87. The van der Waals surface area contributed by atoms with Crippen LogP contribution in [0.4, 0.5) is 0 Å². The average molecular weight is 262 g/mol. The number of aryl methyl sites for hydroxylation is 1. The maximum absolute atomic E-state index is 12.2. The second kappa shape index (κ2) is 7.29. The van der Waals surface area contributed by atoms with Crippen molar-refractivity contribution in [2.75, 3.05) is 6.54 Å². The number of carbonyl (C=O) groups excluding carboxylic acids is 1. The number of nitrogens with one attached hydrogen (secondary N) is 1. The van der Waals surface area contributed by atoms with Gasteiger partial charge in [0, 0.05) is 12.6 Å². The average Bonchev–Trinajstić information content (AvgIpc) is 2.45. The molecule has 3 heteroatoms. The number of amides is 1. The van der Waals surface area contributed by atoms with Crippen LogP contribution in [0.2, 0.25) is 0 Å². The molecule has 0 saturated heterocycles. The maximum Gasteiger partial charge on any atom is 0.227 e. The summed E-state index contributed by atoms with van der Waals surface area (Å²) in [5, 5.41) is 3.07. The first kappa shape index (κ1) is 15.7. The van der Waals surface area contributed by atoms with E-state index in [4.69, 9.17) is 5.73 Å². The largest absolute Gasteiger partial charge is 0.353 e. The second-order valence-corrected chi connectivity index (χ2v) is 5.52. The van der Waals surface area contributed by atoms with Gasteiger partial charge >= 0.3 is 0 Å². The third-order valence-corrected chi connectivity index (χ3v) is 3.87. The molecule has 0 bridgehead atoms. The van der Waals surface area contributed by atoms with Gasteiger partial charge in [0.05, 0.1) is 5.41 Å². The lowest BCUT2D eigenvalue weighted by Crippen LogP contribution is -2.46. The van der Waals surface area contributed by atoms with E-state index in [1.54, 1.807) is 0 Å². The van der Waals surface area contributed by atoms with Crippen LogP contribution in [0.5, 0.6) is 0 Å². The van der Waals surface area contributed by atoms with Gasteiger partial charge in [-0.15, -0.1) is 0 Å². The maximum atomic E-state index is 12.2. The molecular weight excluding hydrogens is 236 g/mol. The molecule has 0 saturated carbocycles. The second-order valence-electron chi connectivity index (χ2n) is 5.52. The van der Waals surface area contributed by atoms with Crippen LogP contribution < -0.4 is 11.1 Å². The highest BCUT2D eigenvalue weighted by molar-refractivity contribution is 5.82. The lowest BCUT2D eigenvalue weighted by Gasteiger charge is -2.27. The first-order valence-corrected chi connectivity index (χ1v) is 7.07. The Bertz CT molecular complexity index is 385. The Morgan fingerprint density at radius 2 is 2.00 bits per heavy atom. The summed E-state index contributed by atoms with van der Waals surface area (Å²) in [7, 11) is 0. The van der Waals surface area contributed by atoms with E-state index in [1.165, 1.54) is 5.56 Å². The van der Waals surface area contributed by atoms with Crippen LogP contribution in [-0.4, -0.2) is 18.5 Å². The number of benzene rings is 1. The van der Waals surface area contributed by atoms with Crippen molar-refractivity contribution in [2.24, 2.45) is 11.1 Å². The van der Waals surface area contributed by atoms with Gasteiger partial charge in [-0.3, -0.25) is 4.79 Å². The van der Waals surface area contributed by atoms with Crippen LogP contribution in [0, 0.1) is 5.41 Å². The molecule has 2 atom stereocenters. The summed E-state index contributed by atoms with van der Waals surface area (Å²) in [6.45, 7) is 6.36. The summed E-state index contributed by atoms with van der Waals surface area (Å²) in [5.74, 6) is 0.0676. The van der Waals surface area contributed by atoms with Gasteiger partial charge in [-0.2, -0.15) is 0 Å². The van der Waals surface area contributed by atoms with Crippen molar-refractivity contribution < 1.29 is 4.79 Å². The van der Waals surface area contributed by atoms with Gasteiger partial charge in [-0.25, -0.2) is 0 Å². The summed E-state index contributed by atoms with van der Waals surface area (Å²) < 4.78 is 0. The third kappa shape index (κ3) is 4.67. The molecule has 0 aliphatic rings. The molecular formula is C16H26N2O. The normalized spacial score (nSPS) is 15.6. The van der Waals surface area contributed by atoms with Crippen molar-refractivity contribution in [2.45, 2.75) is 46.1 Å². The van der Waals surface area contributed by atoms with Crippen molar-refractivity contribution >= 4 is 5.91 Å². The molecule has 1 amide bonds. The summed E-state index contributed by atoms with van der Waals surface area (Å²) in [4.78, 5) is 12.2. The van der Waals surface area contributed by atoms with E-state index in [2.05, 4.69) is 17.4 Å². The Hall–Kier alpha value is -1.35. The summed E-state index contributed by atoms with van der Waals surface area (Å²) in [6, 6.07) is 10.5. The summed E-state index contributed by atoms with van der Waals surface area (Å²) >= 11 is 0. The molecule has 3 nitrogen and oxygen atoms in total. The molecule has 0 aliphatic carbocycles. The molecule has 0 fully saturated rings. The van der Waals surface area contributed by atoms with Crippen molar-refractivity contribution in [1.29, 1.82) is 0 Å². The standard InChI is InChI=1S/C16H26N2O/c1-4-16(3,12-17)15(19)18-13(2)10-11-14-8-6-5-7-9-14/h5-9,13H,4,10-12,17H2,1-3H3,(H,18,19). The fourth-order valence-corrected chi connectivity index (χ4v) is 1.90. The van der Waals surface area contributed by atoms with Gasteiger partial charge in [0.15, 0.2) is 0 Å². The molecule has 1 aromatic carbocycles. The smallest absolute Gasteiger partial charge is 0.227 e. The van der Waals surface area contributed by atoms with Crippen molar-refractivity contribution in [3.05, 3.63) is 35.9 Å². The Labute approximate surface area is 116 Å². The van der Waals surface area contributed by atoms with Gasteiger partial charge in [0.1, 0.15) is 0 Å². The highest BCUT2D eigenvalue weighted by Crippen LogP contribution is 2.19. The molecule has 1 rings (SSSR count). The first-order chi connectivity index (χ1) is 9.01. The van der Waals surface area contributed by atoms with E-state index in [9.17, 15) is 4.79 Å². The Morgan fingerprint density at radius 3 is 2.53 bits per heavy atom. The van der Waals surface area contributed by atoms with Gasteiger partial charge in [-0.05, 0) is 38.7 Å². The summed E-state index contributed by atoms with van der Waals surface area (Å²) in [5.41, 5.74) is 6.56. The monoisotopic (exact) mass is 262 g/mol. The van der Waals surface area contributed by atoms with E-state index in [0.717, 1.165) is 19.3 Å². The highest BCUT2D eigenvalue weighted by atomic mass is 16.2. The number of carbonyl (C=O) groups is 1. The first-order valence-electron chi connectivity index (χ1n) is 7.07. The van der Waals surface area contributed by atoms with Crippen molar-refractivity contribution in [1.82, 2.24) is 5.32 Å². The SMILES string of the molecule is CCC(C)(CN)C(=O)NC(C)CCc1ccccc1. The lowest BCUT2D eigenvalue weighted by atomic mass is 9.86. The van der Waals surface area contributed by atoms with Gasteiger partial charge in [0.25, 0.3) is 0 Å². The molecule has 2 unspecified atom stereocenters. The van der Waals surface area contributed by atoms with Crippen molar-refractivity contribution in [3.63, 3.8) is 0 Å². The van der Waals surface area contributed by atoms with E-state index < -0.39 is 5.41 Å². The van der Waals surface area contributed by atoms with Crippen LogP contribution in [-0.2, 0) is 11.2 Å². The van der Waals surface area contributed by atoms with Crippen LogP contribution in [0.1, 0.15) is 39.2 Å². The topological polar surface area (TPSA) is 55.1 Å². The number of hydrogen-bond donors (Lipinski definition) is 2. The molecule has 0 aliphatic heterocycles. The molecule has 1 aromatic rings. The fourth-order valence-electron chi connectivity index (χ4n) is 1.90. The fraction of sp³-hybridized carbons (Fsp3) is 0.562. The number of rotatable bonds is 7. The zero-order valence-corrected chi connectivity index (χ0v) is 12.3. The zero-order chi connectivity index (χ0) is 14.3. The predicted octanol–water partition coefficient (Wildman–Crippen LogP) is 2.50. The van der Waals surface area contributed by atoms with Crippen LogP contribution in [0.15, 0.2) is 30.3 Å². The quantitative estimate of drug-likeness (QED) is 0.793. The molecule has 0 aromatic heterocycles. The molecule has 19 heavy (non-hydrogen) atoms. The summed E-state index contributed by atoms with van der Waals surface area (Å²) in [6.07, 6.45) is 2.69. The van der Waals surface area contributed by atoms with Gasteiger partial charge < -0.3 is 11.1 Å². The number of nitrogens with two attached hydrogens (primary N) is 1. The van der Waals surface area contributed by atoms with E-state index >= 15 is 0 Å². The van der Waals surface area contributed by atoms with Crippen LogP contribution in [0.3, 0.4) is 0 Å². The molecule has 0 heterocycles. The predicted molar refractivity (Wildman–Crippen MR) is 79.8 cm³/mol. The Kier molecular flexibility index (Phi) is 6.03. The molecule has 0 radical (unpaired) electrons. The minimum atomic E-state index is -0.443. The van der Waals surface area contributed by atoms with Crippen LogP contribution >= 0.6 is 0 Å². The lowest BCUT2D eigenvalue weighted by molar-refractivity contribution is -0.130. The van der Waals surface area contributed by atoms with E-state index in [1.807, 2.05) is 39.0 Å². The van der Waals surface area contributed by atoms with E-state index in [0.29, 0.717) is 6.54 Å².